The second-order valence-electron chi connectivity index (χ2n) is 10.6. The van der Waals surface area contributed by atoms with E-state index in [9.17, 15) is 9.59 Å². The van der Waals surface area contributed by atoms with Crippen molar-refractivity contribution in [3.05, 3.63) is 28.0 Å². The molecule has 1 aromatic rings. The number of amides is 1. The highest BCUT2D eigenvalue weighted by Gasteiger charge is 2.67. The third kappa shape index (κ3) is 5.18. The second-order valence-corrected chi connectivity index (χ2v) is 11.4. The largest absolute Gasteiger partial charge is 0.444 e. The van der Waals surface area contributed by atoms with E-state index in [2.05, 4.69) is 32.9 Å². The van der Waals surface area contributed by atoms with E-state index in [1.165, 1.54) is 0 Å². The van der Waals surface area contributed by atoms with Gasteiger partial charge in [-0.2, -0.15) is 0 Å². The normalized spacial score (nSPS) is 29.5. The number of aromatic nitrogens is 1. The summed E-state index contributed by atoms with van der Waals surface area (Å²) in [5, 5.41) is 0. The van der Waals surface area contributed by atoms with Crippen molar-refractivity contribution in [3.8, 4) is 0 Å². The minimum absolute atomic E-state index is 0.0177. The summed E-state index contributed by atoms with van der Waals surface area (Å²) in [7, 11) is 2.13. The maximum atomic E-state index is 13.5. The summed E-state index contributed by atoms with van der Waals surface area (Å²) < 4.78 is 12.3. The third-order valence-electron chi connectivity index (χ3n) is 6.69. The van der Waals surface area contributed by atoms with E-state index in [1.54, 1.807) is 4.90 Å². The smallest absolute Gasteiger partial charge is 0.411 e. The zero-order chi connectivity index (χ0) is 23.1. The van der Waals surface area contributed by atoms with Crippen LogP contribution in [0, 0.1) is 5.41 Å². The fraction of sp³-hybridized carbons (Fsp3) is 0.708. The Balaban J connectivity index is 1.63. The molecule has 0 N–H and O–H groups in total. The molecule has 32 heavy (non-hydrogen) atoms. The van der Waals surface area contributed by atoms with Crippen molar-refractivity contribution in [2.75, 3.05) is 26.7 Å². The van der Waals surface area contributed by atoms with Crippen LogP contribution in [0.4, 0.5) is 4.79 Å². The summed E-state index contributed by atoms with van der Waals surface area (Å²) in [5.41, 5.74) is 1.02. The summed E-state index contributed by atoms with van der Waals surface area (Å²) in [6, 6.07) is 3.43. The average molecular weight is 508 g/mol. The van der Waals surface area contributed by atoms with E-state index < -0.39 is 11.6 Å². The van der Waals surface area contributed by atoms with Crippen molar-refractivity contribution >= 4 is 27.8 Å². The topological polar surface area (TPSA) is 72.0 Å². The zero-order valence-corrected chi connectivity index (χ0v) is 21.1. The molecule has 2 fully saturated rings. The zero-order valence-electron chi connectivity index (χ0n) is 19.5. The molecule has 1 spiro atoms. The number of piperidine rings is 1. The number of ether oxygens (including phenoxy) is 2. The monoisotopic (exact) mass is 507 g/mol. The Labute approximate surface area is 199 Å². The number of Topliss-reactive ketones (excluding diaryl/α,β-unsaturated/α-hetero) is 1. The van der Waals surface area contributed by atoms with Gasteiger partial charge in [-0.1, -0.05) is 6.07 Å². The molecule has 8 heteroatoms. The second kappa shape index (κ2) is 9.03. The van der Waals surface area contributed by atoms with E-state index in [0.717, 1.165) is 43.6 Å². The van der Waals surface area contributed by atoms with Gasteiger partial charge >= 0.3 is 6.09 Å². The van der Waals surface area contributed by atoms with Crippen molar-refractivity contribution in [2.45, 2.75) is 77.2 Å². The first-order valence-electron chi connectivity index (χ1n) is 11.5. The van der Waals surface area contributed by atoms with Crippen LogP contribution in [0.1, 0.15) is 57.7 Å². The summed E-state index contributed by atoms with van der Waals surface area (Å²) in [6.45, 7) is 8.59. The van der Waals surface area contributed by atoms with Crippen LogP contribution in [0.2, 0.25) is 0 Å². The number of fused-ring (bicyclic) bond motifs is 2. The molecule has 4 rings (SSSR count). The molecular formula is C24H34BrN3O4. The molecule has 0 radical (unpaired) electrons. The lowest BCUT2D eigenvalue weighted by molar-refractivity contribution is -0.123. The average Bonchev–Trinajstić information content (AvgIpc) is 3.26. The molecule has 1 amide bonds. The van der Waals surface area contributed by atoms with Crippen molar-refractivity contribution in [1.82, 2.24) is 14.8 Å². The lowest BCUT2D eigenvalue weighted by atomic mass is 9.94. The number of ketones is 1. The van der Waals surface area contributed by atoms with E-state index in [0.29, 0.717) is 24.2 Å². The molecule has 1 aliphatic carbocycles. The van der Waals surface area contributed by atoms with Crippen molar-refractivity contribution in [1.29, 1.82) is 0 Å². The van der Waals surface area contributed by atoms with Crippen molar-refractivity contribution in [2.24, 2.45) is 5.41 Å². The van der Waals surface area contributed by atoms with Crippen LogP contribution < -0.4 is 0 Å². The molecular weight excluding hydrogens is 474 g/mol. The molecule has 3 heterocycles. The van der Waals surface area contributed by atoms with Gasteiger partial charge in [-0.3, -0.25) is 9.69 Å². The Morgan fingerprint density at radius 1 is 1.28 bits per heavy atom. The summed E-state index contributed by atoms with van der Waals surface area (Å²) in [4.78, 5) is 35.4. The molecule has 1 saturated carbocycles. The summed E-state index contributed by atoms with van der Waals surface area (Å²) in [6.07, 6.45) is 3.48. The highest BCUT2D eigenvalue weighted by atomic mass is 79.9. The third-order valence-corrected chi connectivity index (χ3v) is 7.13. The van der Waals surface area contributed by atoms with Gasteiger partial charge in [0.15, 0.2) is 5.78 Å². The van der Waals surface area contributed by atoms with Gasteiger partial charge in [0.05, 0.1) is 24.8 Å². The number of hydrogen-bond acceptors (Lipinski definition) is 6. The summed E-state index contributed by atoms with van der Waals surface area (Å²) in [5.74, 6) is 0.0202. The number of likely N-dealkylation sites (tertiary alicyclic amines) is 1. The van der Waals surface area contributed by atoms with Crippen LogP contribution in [-0.4, -0.2) is 71.1 Å². The van der Waals surface area contributed by atoms with E-state index >= 15 is 0 Å². The molecule has 2 aliphatic heterocycles. The minimum atomic E-state index is -0.602. The lowest BCUT2D eigenvalue weighted by Gasteiger charge is -2.30. The van der Waals surface area contributed by atoms with Gasteiger partial charge in [-0.25, -0.2) is 9.78 Å². The molecule has 1 aromatic heterocycles. The Morgan fingerprint density at radius 3 is 2.81 bits per heavy atom. The molecule has 1 saturated heterocycles. The predicted octanol–water partition coefficient (Wildman–Crippen LogP) is 3.97. The van der Waals surface area contributed by atoms with Gasteiger partial charge in [0, 0.05) is 24.6 Å². The van der Waals surface area contributed by atoms with Crippen LogP contribution in [0.5, 0.6) is 0 Å². The quantitative estimate of drug-likeness (QED) is 0.494. The number of carbonyl (C=O) groups excluding carboxylic acids is 2. The lowest BCUT2D eigenvalue weighted by Crippen LogP contribution is -2.46. The number of nitrogens with zero attached hydrogens (tertiary/aromatic N) is 3. The van der Waals surface area contributed by atoms with Gasteiger partial charge in [0.25, 0.3) is 0 Å². The molecule has 0 aromatic carbocycles. The van der Waals surface area contributed by atoms with E-state index in [-0.39, 0.29) is 29.8 Å². The van der Waals surface area contributed by atoms with Crippen molar-refractivity contribution < 1.29 is 19.1 Å². The fourth-order valence-electron chi connectivity index (χ4n) is 5.17. The molecule has 3 atom stereocenters. The maximum Gasteiger partial charge on any atom is 0.411 e. The van der Waals surface area contributed by atoms with Crippen LogP contribution in [0.3, 0.4) is 0 Å². The number of hydrogen-bond donors (Lipinski definition) is 0. The Hall–Kier alpha value is -1.51. The SMILES string of the molecule is CN1CCCCOCc2ccc(Br)nc2CC(=O)[C@@H]2C[C@]3(C[C@H]3N2C(=O)OC(C)(C)C)C1. The minimum Gasteiger partial charge on any atom is -0.444 e. The van der Waals surface area contributed by atoms with Gasteiger partial charge in [0.1, 0.15) is 10.2 Å². The van der Waals surface area contributed by atoms with Crippen molar-refractivity contribution in [3.63, 3.8) is 0 Å². The predicted molar refractivity (Wildman–Crippen MR) is 124 cm³/mol. The maximum absolute atomic E-state index is 13.5. The molecule has 0 unspecified atom stereocenters. The van der Waals surface area contributed by atoms with Gasteiger partial charge in [0.2, 0.25) is 0 Å². The van der Waals surface area contributed by atoms with Crippen LogP contribution >= 0.6 is 15.9 Å². The molecule has 176 valence electrons. The van der Waals surface area contributed by atoms with Gasteiger partial charge in [-0.15, -0.1) is 0 Å². The van der Waals surface area contributed by atoms with E-state index in [4.69, 9.17) is 9.47 Å². The summed E-state index contributed by atoms with van der Waals surface area (Å²) >= 11 is 3.43. The number of halogens is 1. The Kier molecular flexibility index (Phi) is 6.67. The van der Waals surface area contributed by atoms with Gasteiger partial charge < -0.3 is 14.4 Å². The van der Waals surface area contributed by atoms with Crippen LogP contribution in [0.25, 0.3) is 0 Å². The highest BCUT2D eigenvalue weighted by molar-refractivity contribution is 9.10. The Morgan fingerprint density at radius 2 is 2.06 bits per heavy atom. The molecule has 2 bridgehead atoms. The molecule has 3 aliphatic rings. The fourth-order valence-corrected chi connectivity index (χ4v) is 5.51. The molecule has 7 nitrogen and oxygen atoms in total. The Bertz CT molecular complexity index is 886. The standard InChI is InChI=1S/C24H34BrN3O4/c1-23(2,3)32-22(30)28-18-12-24(13-20(24)28)15-27(4)9-5-6-10-31-14-16-7-8-21(25)26-17(16)11-19(18)29/h7-8,18,20H,5-6,9-15H2,1-4H3/t18-,20+,24-/m0/s1. The number of rotatable bonds is 0. The van der Waals surface area contributed by atoms with E-state index in [1.807, 2.05) is 32.9 Å². The highest BCUT2D eigenvalue weighted by Crippen LogP contribution is 2.60. The first-order chi connectivity index (χ1) is 15.1. The first kappa shape index (κ1) is 23.6. The number of pyridine rings is 1. The number of carbonyl (C=O) groups is 2. The van der Waals surface area contributed by atoms with Crippen LogP contribution in [0.15, 0.2) is 16.7 Å². The van der Waals surface area contributed by atoms with Crippen LogP contribution in [-0.2, 0) is 27.3 Å². The van der Waals surface area contributed by atoms with Gasteiger partial charge in [-0.05, 0) is 87.6 Å². The first-order valence-corrected chi connectivity index (χ1v) is 12.3.